The van der Waals surface area contributed by atoms with E-state index in [1.807, 2.05) is 41.3 Å². The molecule has 1 aliphatic heterocycles. The zero-order chi connectivity index (χ0) is 26.2. The minimum atomic E-state index is -3.00. The van der Waals surface area contributed by atoms with Gasteiger partial charge in [0.2, 0.25) is 0 Å². The first-order chi connectivity index (χ1) is 17.7. The van der Waals surface area contributed by atoms with Crippen LogP contribution in [0.25, 0.3) is 10.9 Å². The number of carbonyl (C=O) groups is 1. The monoisotopic (exact) mass is 517 g/mol. The summed E-state index contributed by atoms with van der Waals surface area (Å²) in [6.07, 6.45) is -0.239. The van der Waals surface area contributed by atoms with Gasteiger partial charge in [-0.1, -0.05) is 87.5 Å². The molecule has 0 saturated carbocycles. The lowest BCUT2D eigenvalue weighted by atomic mass is 9.94. The Kier molecular flexibility index (Phi) is 6.64. The summed E-state index contributed by atoms with van der Waals surface area (Å²) >= 11 is 0. The molecule has 1 fully saturated rings. The van der Waals surface area contributed by atoms with Crippen molar-refractivity contribution in [3.8, 4) is 0 Å². The van der Waals surface area contributed by atoms with E-state index in [9.17, 15) is 14.3 Å². The van der Waals surface area contributed by atoms with E-state index in [1.54, 1.807) is 12.1 Å². The Morgan fingerprint density at radius 1 is 1.03 bits per heavy atom. The smallest absolute Gasteiger partial charge is 0.309 e. The molecule has 37 heavy (non-hydrogen) atoms. The molecule has 8 heteroatoms. The molecule has 1 aliphatic rings. The third-order valence-electron chi connectivity index (χ3n) is 7.44. The first kappa shape index (κ1) is 25.2. The lowest BCUT2D eigenvalue weighted by Gasteiger charge is -2.48. The van der Waals surface area contributed by atoms with Crippen LogP contribution in [0.1, 0.15) is 27.2 Å². The standard InChI is InChI=1S/C29H32FN3O3Si/c1-29(2,3)37(20-11-6-4-7-12-20,21-13-8-5-9-14-21)36-25-19-33(18-17-22(25)28(34)35)27-26-23(30)15-10-16-24(26)31-32-27/h4-16,22,25H,17-19H2,1-3H3,(H,31,32)(H,34,35). The molecular formula is C29H32FN3O3Si. The Hall–Kier alpha value is -3.49. The molecule has 0 radical (unpaired) electrons. The molecule has 5 rings (SSSR count). The summed E-state index contributed by atoms with van der Waals surface area (Å²) in [7, 11) is -3.00. The van der Waals surface area contributed by atoms with Crippen LogP contribution in [0.15, 0.2) is 78.9 Å². The number of aliphatic carboxylic acids is 1. The maximum atomic E-state index is 14.8. The number of hydrogen-bond acceptors (Lipinski definition) is 4. The fourth-order valence-electron chi connectivity index (χ4n) is 5.67. The van der Waals surface area contributed by atoms with Gasteiger partial charge in [0.05, 0.1) is 22.9 Å². The molecule has 192 valence electrons. The van der Waals surface area contributed by atoms with Crippen molar-refractivity contribution in [2.24, 2.45) is 5.92 Å². The minimum absolute atomic E-state index is 0.299. The molecule has 3 aromatic carbocycles. The van der Waals surface area contributed by atoms with Gasteiger partial charge in [-0.2, -0.15) is 5.10 Å². The zero-order valence-electron chi connectivity index (χ0n) is 21.3. The summed E-state index contributed by atoms with van der Waals surface area (Å²) in [5.41, 5.74) is 0.611. The second-order valence-corrected chi connectivity index (χ2v) is 15.0. The van der Waals surface area contributed by atoms with Gasteiger partial charge in [0.1, 0.15) is 5.82 Å². The molecule has 4 aromatic rings. The predicted molar refractivity (Wildman–Crippen MR) is 147 cm³/mol. The van der Waals surface area contributed by atoms with Gasteiger partial charge in [-0.3, -0.25) is 9.89 Å². The van der Waals surface area contributed by atoms with Gasteiger partial charge in [-0.25, -0.2) is 4.39 Å². The largest absolute Gasteiger partial charge is 0.481 e. The molecule has 2 heterocycles. The lowest BCUT2D eigenvalue weighted by molar-refractivity contribution is -0.145. The summed E-state index contributed by atoms with van der Waals surface area (Å²) in [6, 6.07) is 25.2. The zero-order valence-corrected chi connectivity index (χ0v) is 22.3. The summed E-state index contributed by atoms with van der Waals surface area (Å²) in [4.78, 5) is 14.4. The van der Waals surface area contributed by atoms with E-state index in [0.717, 1.165) is 10.4 Å². The van der Waals surface area contributed by atoms with E-state index in [0.29, 0.717) is 36.2 Å². The van der Waals surface area contributed by atoms with Crippen molar-refractivity contribution in [1.29, 1.82) is 0 Å². The van der Waals surface area contributed by atoms with Gasteiger partial charge < -0.3 is 14.4 Å². The minimum Gasteiger partial charge on any atom is -0.481 e. The highest BCUT2D eigenvalue weighted by Gasteiger charge is 2.53. The fourth-order valence-corrected chi connectivity index (χ4v) is 10.4. The number of rotatable bonds is 6. The van der Waals surface area contributed by atoms with Gasteiger partial charge in [-0.15, -0.1) is 0 Å². The molecule has 1 aromatic heterocycles. The summed E-state index contributed by atoms with van der Waals surface area (Å²) in [5.74, 6) is -1.42. The number of halogens is 1. The molecule has 0 amide bonds. The van der Waals surface area contributed by atoms with Crippen LogP contribution in [0.3, 0.4) is 0 Å². The quantitative estimate of drug-likeness (QED) is 0.367. The van der Waals surface area contributed by atoms with Crippen LogP contribution < -0.4 is 15.3 Å². The van der Waals surface area contributed by atoms with Crippen molar-refractivity contribution in [2.75, 3.05) is 18.0 Å². The van der Waals surface area contributed by atoms with Crippen LogP contribution in [0, 0.1) is 11.7 Å². The maximum absolute atomic E-state index is 14.8. The molecule has 2 unspecified atom stereocenters. The third kappa shape index (κ3) is 4.44. The second kappa shape index (κ2) is 9.76. The van der Waals surface area contributed by atoms with E-state index >= 15 is 0 Å². The Balaban J connectivity index is 1.61. The summed E-state index contributed by atoms with van der Waals surface area (Å²) < 4.78 is 22.0. The number of piperidine rings is 1. The number of nitrogens with zero attached hydrogens (tertiary/aromatic N) is 2. The molecule has 0 aliphatic carbocycles. The Morgan fingerprint density at radius 2 is 1.65 bits per heavy atom. The lowest BCUT2D eigenvalue weighted by Crippen LogP contribution is -2.69. The number of anilines is 1. The molecule has 2 N–H and O–H groups in total. The van der Waals surface area contributed by atoms with Crippen LogP contribution in [0.2, 0.25) is 5.04 Å². The Morgan fingerprint density at radius 3 is 2.22 bits per heavy atom. The maximum Gasteiger partial charge on any atom is 0.309 e. The van der Waals surface area contributed by atoms with E-state index in [-0.39, 0.29) is 10.9 Å². The average molecular weight is 518 g/mol. The van der Waals surface area contributed by atoms with Gasteiger partial charge in [0, 0.05) is 13.1 Å². The van der Waals surface area contributed by atoms with Crippen LogP contribution in [-0.4, -0.2) is 48.8 Å². The Labute approximate surface area is 217 Å². The third-order valence-corrected chi connectivity index (χ3v) is 12.5. The normalized spacial score (nSPS) is 18.8. The average Bonchev–Trinajstić information content (AvgIpc) is 3.33. The number of benzene rings is 3. The van der Waals surface area contributed by atoms with Crippen molar-refractivity contribution in [3.05, 3.63) is 84.7 Å². The van der Waals surface area contributed by atoms with Gasteiger partial charge in [0.25, 0.3) is 8.32 Å². The highest BCUT2D eigenvalue weighted by Crippen LogP contribution is 2.40. The van der Waals surface area contributed by atoms with E-state index in [1.165, 1.54) is 6.07 Å². The van der Waals surface area contributed by atoms with E-state index in [2.05, 4.69) is 55.2 Å². The van der Waals surface area contributed by atoms with Crippen molar-refractivity contribution >= 4 is 41.4 Å². The van der Waals surface area contributed by atoms with Gasteiger partial charge >= 0.3 is 5.97 Å². The highest BCUT2D eigenvalue weighted by molar-refractivity contribution is 6.99. The van der Waals surface area contributed by atoms with Crippen LogP contribution >= 0.6 is 0 Å². The van der Waals surface area contributed by atoms with Crippen LogP contribution in [0.4, 0.5) is 10.2 Å². The predicted octanol–water partition coefficient (Wildman–Crippen LogP) is 4.56. The SMILES string of the molecule is CC(C)(C)[Si](OC1CN(c2n[nH]c3cccc(F)c23)CCC1C(=O)O)(c1ccccc1)c1ccccc1. The van der Waals surface area contributed by atoms with Crippen molar-refractivity contribution < 1.29 is 18.7 Å². The van der Waals surface area contributed by atoms with Crippen LogP contribution in [-0.2, 0) is 9.22 Å². The molecule has 0 bridgehead atoms. The molecule has 6 nitrogen and oxygen atoms in total. The highest BCUT2D eigenvalue weighted by atomic mass is 28.4. The number of aromatic amines is 1. The van der Waals surface area contributed by atoms with Crippen molar-refractivity contribution in [1.82, 2.24) is 10.2 Å². The number of carboxylic acids is 1. The first-order valence-corrected chi connectivity index (χ1v) is 14.5. The van der Waals surface area contributed by atoms with Crippen LogP contribution in [0.5, 0.6) is 0 Å². The molecular weight excluding hydrogens is 485 g/mol. The summed E-state index contributed by atoms with van der Waals surface area (Å²) in [5, 5.41) is 19.8. The number of carboxylic acid groups (broad SMARTS) is 1. The first-order valence-electron chi connectivity index (χ1n) is 12.6. The van der Waals surface area contributed by atoms with Gasteiger partial charge in [0.15, 0.2) is 5.82 Å². The van der Waals surface area contributed by atoms with Gasteiger partial charge in [-0.05, 0) is 34.0 Å². The summed E-state index contributed by atoms with van der Waals surface area (Å²) in [6.45, 7) is 7.27. The van der Waals surface area contributed by atoms with E-state index < -0.39 is 26.3 Å². The molecule has 0 spiro atoms. The number of nitrogens with one attached hydrogen (secondary N) is 1. The van der Waals surface area contributed by atoms with Crippen molar-refractivity contribution in [2.45, 2.75) is 38.3 Å². The Bertz CT molecular complexity index is 1350. The fraction of sp³-hybridized carbons (Fsp3) is 0.310. The van der Waals surface area contributed by atoms with E-state index in [4.69, 9.17) is 4.43 Å². The number of H-pyrrole nitrogens is 1. The number of hydrogen-bond donors (Lipinski definition) is 2. The van der Waals surface area contributed by atoms with Crippen molar-refractivity contribution in [3.63, 3.8) is 0 Å². The second-order valence-electron chi connectivity index (χ2n) is 10.7. The molecule has 2 atom stereocenters. The number of aromatic nitrogens is 2. The molecule has 1 saturated heterocycles. The topological polar surface area (TPSA) is 78.5 Å². The number of fused-ring (bicyclic) bond motifs is 1.